The van der Waals surface area contributed by atoms with Gasteiger partial charge in [-0.3, -0.25) is 0 Å². The van der Waals surface area contributed by atoms with E-state index in [4.69, 9.17) is 0 Å². The van der Waals surface area contributed by atoms with Crippen LogP contribution in [0, 0.1) is 17.7 Å². The van der Waals surface area contributed by atoms with Gasteiger partial charge in [0.2, 0.25) is 0 Å². The molecule has 1 saturated carbocycles. The van der Waals surface area contributed by atoms with Crippen molar-refractivity contribution in [1.82, 2.24) is 5.32 Å². The van der Waals surface area contributed by atoms with E-state index in [9.17, 15) is 17.6 Å². The fourth-order valence-electron chi connectivity index (χ4n) is 2.89. The third kappa shape index (κ3) is 4.19. The molecular formula is C16H21F4N. The lowest BCUT2D eigenvalue weighted by Crippen LogP contribution is -2.35. The lowest BCUT2D eigenvalue weighted by Gasteiger charge is -2.32. The molecule has 1 nitrogen and oxygen atoms in total. The second-order valence-corrected chi connectivity index (χ2v) is 6.16. The van der Waals surface area contributed by atoms with Crippen LogP contribution in [0.25, 0.3) is 0 Å². The summed E-state index contributed by atoms with van der Waals surface area (Å²) in [6.07, 6.45) is -1.43. The lowest BCUT2D eigenvalue weighted by molar-refractivity contribution is -0.140. The van der Waals surface area contributed by atoms with Crippen molar-refractivity contribution in [2.45, 2.75) is 51.9 Å². The molecule has 1 aliphatic rings. The minimum Gasteiger partial charge on any atom is -0.310 e. The topological polar surface area (TPSA) is 12.0 Å². The van der Waals surface area contributed by atoms with Crippen LogP contribution in [-0.2, 0) is 12.7 Å². The summed E-state index contributed by atoms with van der Waals surface area (Å²) in [6.45, 7) is 4.78. The van der Waals surface area contributed by atoms with Crippen LogP contribution in [0.1, 0.15) is 44.2 Å². The molecule has 0 heterocycles. The minimum atomic E-state index is -4.64. The van der Waals surface area contributed by atoms with Gasteiger partial charge in [-0.2, -0.15) is 13.2 Å². The highest BCUT2D eigenvalue weighted by molar-refractivity contribution is 5.27. The molecule has 1 fully saturated rings. The Hall–Kier alpha value is -1.10. The number of rotatable bonds is 3. The number of benzene rings is 1. The van der Waals surface area contributed by atoms with E-state index in [1.54, 1.807) is 0 Å². The summed E-state index contributed by atoms with van der Waals surface area (Å²) < 4.78 is 51.2. The molecule has 1 aromatic carbocycles. The van der Waals surface area contributed by atoms with Crippen molar-refractivity contribution < 1.29 is 17.6 Å². The zero-order chi connectivity index (χ0) is 15.6. The van der Waals surface area contributed by atoms with Gasteiger partial charge in [0.15, 0.2) is 0 Å². The summed E-state index contributed by atoms with van der Waals surface area (Å²) in [4.78, 5) is 0. The first-order valence-corrected chi connectivity index (χ1v) is 7.36. The summed E-state index contributed by atoms with van der Waals surface area (Å²) in [5, 5.41) is 3.30. The van der Waals surface area contributed by atoms with Gasteiger partial charge in [0.05, 0.1) is 5.56 Å². The van der Waals surface area contributed by atoms with Crippen molar-refractivity contribution >= 4 is 0 Å². The second kappa shape index (κ2) is 6.34. The molecule has 0 aliphatic heterocycles. The molecule has 0 aromatic heterocycles. The van der Waals surface area contributed by atoms with Crippen molar-refractivity contribution in [2.75, 3.05) is 0 Å². The maximum absolute atomic E-state index is 13.2. The van der Waals surface area contributed by atoms with E-state index in [1.165, 1.54) is 6.07 Å². The molecule has 0 bridgehead atoms. The molecule has 0 spiro atoms. The number of nitrogens with one attached hydrogen (secondary N) is 1. The van der Waals surface area contributed by atoms with Gasteiger partial charge in [0, 0.05) is 12.6 Å². The average Bonchev–Trinajstić information content (AvgIpc) is 2.40. The van der Waals surface area contributed by atoms with Gasteiger partial charge in [-0.1, -0.05) is 19.9 Å². The maximum Gasteiger partial charge on any atom is 0.419 e. The molecule has 1 aromatic rings. The van der Waals surface area contributed by atoms with Crippen LogP contribution in [0.2, 0.25) is 0 Å². The smallest absolute Gasteiger partial charge is 0.310 e. The Morgan fingerprint density at radius 1 is 1.14 bits per heavy atom. The van der Waals surface area contributed by atoms with E-state index in [0.29, 0.717) is 30.0 Å². The van der Waals surface area contributed by atoms with E-state index < -0.39 is 17.6 Å². The minimum absolute atomic E-state index is 0.329. The fraction of sp³-hybridized carbons (Fsp3) is 0.625. The predicted octanol–water partition coefficient (Wildman–Crippen LogP) is 4.76. The molecule has 0 radical (unpaired) electrons. The van der Waals surface area contributed by atoms with Gasteiger partial charge in [-0.15, -0.1) is 0 Å². The molecule has 0 saturated heterocycles. The van der Waals surface area contributed by atoms with E-state index in [0.717, 1.165) is 31.4 Å². The van der Waals surface area contributed by atoms with Crippen LogP contribution < -0.4 is 5.32 Å². The predicted molar refractivity (Wildman–Crippen MR) is 74.2 cm³/mol. The molecule has 0 amide bonds. The Kier molecular flexibility index (Phi) is 4.91. The van der Waals surface area contributed by atoms with E-state index >= 15 is 0 Å². The summed E-state index contributed by atoms with van der Waals surface area (Å²) in [6, 6.07) is 3.53. The van der Waals surface area contributed by atoms with E-state index in [2.05, 4.69) is 19.2 Å². The first-order valence-electron chi connectivity index (χ1n) is 7.36. The highest BCUT2D eigenvalue weighted by Crippen LogP contribution is 2.32. The molecule has 118 valence electrons. The largest absolute Gasteiger partial charge is 0.419 e. The molecule has 1 N–H and O–H groups in total. The summed E-state index contributed by atoms with van der Waals surface area (Å²) in [7, 11) is 0. The van der Waals surface area contributed by atoms with Crippen LogP contribution in [0.3, 0.4) is 0 Å². The molecular weight excluding hydrogens is 282 g/mol. The standard InChI is InChI=1S/C16H21F4N/c1-10-3-5-13(7-11(10)2)21-9-12-4-6-15(17)14(8-12)16(18,19)20/h4,6,8,10-11,13,21H,3,5,7,9H2,1-2H3. The van der Waals surface area contributed by atoms with Gasteiger partial charge in [0.1, 0.15) is 5.82 Å². The normalized spacial score (nSPS) is 26.9. The SMILES string of the molecule is CC1CCC(NCc2ccc(F)c(C(F)(F)F)c2)CC1C. The van der Waals surface area contributed by atoms with Gasteiger partial charge in [-0.25, -0.2) is 4.39 Å². The van der Waals surface area contributed by atoms with Crippen LogP contribution in [0.15, 0.2) is 18.2 Å². The highest BCUT2D eigenvalue weighted by atomic mass is 19.4. The summed E-state index contributed by atoms with van der Waals surface area (Å²) in [5.74, 6) is 0.104. The third-order valence-corrected chi connectivity index (χ3v) is 4.53. The van der Waals surface area contributed by atoms with Gasteiger partial charge in [-0.05, 0) is 48.8 Å². The number of alkyl halides is 3. The van der Waals surface area contributed by atoms with Crippen LogP contribution in [0.4, 0.5) is 17.6 Å². The zero-order valence-electron chi connectivity index (χ0n) is 12.3. The Morgan fingerprint density at radius 3 is 2.48 bits per heavy atom. The highest BCUT2D eigenvalue weighted by Gasteiger charge is 2.34. The van der Waals surface area contributed by atoms with E-state index in [-0.39, 0.29) is 0 Å². The molecule has 1 aliphatic carbocycles. The second-order valence-electron chi connectivity index (χ2n) is 6.16. The van der Waals surface area contributed by atoms with Crippen LogP contribution >= 0.6 is 0 Å². The quantitative estimate of drug-likeness (QED) is 0.794. The Morgan fingerprint density at radius 2 is 1.86 bits per heavy atom. The Bertz CT molecular complexity index is 484. The van der Waals surface area contributed by atoms with Gasteiger partial charge >= 0.3 is 6.18 Å². The molecule has 3 atom stereocenters. The number of hydrogen-bond acceptors (Lipinski definition) is 1. The first kappa shape index (κ1) is 16.3. The molecule has 21 heavy (non-hydrogen) atoms. The zero-order valence-corrected chi connectivity index (χ0v) is 12.3. The van der Waals surface area contributed by atoms with Crippen molar-refractivity contribution in [3.05, 3.63) is 35.1 Å². The van der Waals surface area contributed by atoms with Crippen molar-refractivity contribution in [1.29, 1.82) is 0 Å². The molecule has 3 unspecified atom stereocenters. The molecule has 5 heteroatoms. The first-order chi connectivity index (χ1) is 9.77. The average molecular weight is 303 g/mol. The summed E-state index contributed by atoms with van der Waals surface area (Å²) in [5.41, 5.74) is -0.720. The van der Waals surface area contributed by atoms with Crippen LogP contribution in [0.5, 0.6) is 0 Å². The van der Waals surface area contributed by atoms with Gasteiger partial charge in [0.25, 0.3) is 0 Å². The van der Waals surface area contributed by atoms with Crippen molar-refractivity contribution in [3.8, 4) is 0 Å². The number of halogens is 4. The monoisotopic (exact) mass is 303 g/mol. The third-order valence-electron chi connectivity index (χ3n) is 4.53. The van der Waals surface area contributed by atoms with Crippen molar-refractivity contribution in [3.63, 3.8) is 0 Å². The van der Waals surface area contributed by atoms with Crippen LogP contribution in [-0.4, -0.2) is 6.04 Å². The fourth-order valence-corrected chi connectivity index (χ4v) is 2.89. The van der Waals surface area contributed by atoms with Gasteiger partial charge < -0.3 is 5.32 Å². The van der Waals surface area contributed by atoms with Crippen molar-refractivity contribution in [2.24, 2.45) is 11.8 Å². The Balaban J connectivity index is 1.98. The maximum atomic E-state index is 13.2. The lowest BCUT2D eigenvalue weighted by atomic mass is 9.79. The number of hydrogen-bond donors (Lipinski definition) is 1. The summed E-state index contributed by atoms with van der Waals surface area (Å²) >= 11 is 0. The molecule has 2 rings (SSSR count). The van der Waals surface area contributed by atoms with E-state index in [1.807, 2.05) is 0 Å². The Labute approximate surface area is 122 Å².